The molecule has 17 rings (SSSR count). The van der Waals surface area contributed by atoms with Gasteiger partial charge in [0.1, 0.15) is 11.3 Å². The monoisotopic (exact) mass is 1100 g/mol. The first-order chi connectivity index (χ1) is 42.6. The van der Waals surface area contributed by atoms with Crippen LogP contribution in [0.5, 0.6) is 0 Å². The highest BCUT2D eigenvalue weighted by molar-refractivity contribution is 6.01. The molecule has 4 heteroatoms. The first-order valence-electron chi connectivity index (χ1n) is 30.1. The van der Waals surface area contributed by atoms with Crippen molar-refractivity contribution in [3.8, 4) is 61.8 Å². The topological polar surface area (TPSA) is 43.9 Å². The van der Waals surface area contributed by atoms with E-state index < -0.39 is 10.8 Å². The summed E-state index contributed by atoms with van der Waals surface area (Å²) in [6, 6.07) is 103. The maximum absolute atomic E-state index is 7.22. The average molecular weight is 1100 g/mol. The molecule has 0 N–H and O–H groups in total. The molecule has 0 aliphatic heterocycles. The summed E-state index contributed by atoms with van der Waals surface area (Å²) in [5.74, 6) is 2.57. The lowest BCUT2D eigenvalue weighted by molar-refractivity contribution is 0.592. The molecule has 0 saturated heterocycles. The van der Waals surface area contributed by atoms with Crippen LogP contribution in [0.3, 0.4) is 0 Å². The van der Waals surface area contributed by atoms with E-state index >= 15 is 0 Å². The zero-order valence-electron chi connectivity index (χ0n) is 47.3. The Morgan fingerprint density at radius 1 is 0.407 bits per heavy atom. The molecule has 0 fully saturated rings. The van der Waals surface area contributed by atoms with Gasteiger partial charge in [-0.25, -0.2) is 0 Å². The Morgan fingerprint density at radius 3 is 1.60 bits per heavy atom. The van der Waals surface area contributed by atoms with Gasteiger partial charge in [0.15, 0.2) is 11.6 Å². The van der Waals surface area contributed by atoms with Crippen molar-refractivity contribution in [2.45, 2.75) is 36.0 Å². The van der Waals surface area contributed by atoms with Gasteiger partial charge in [-0.2, -0.15) is 0 Å². The van der Waals surface area contributed by atoms with Crippen LogP contribution in [0, 0.1) is 0 Å². The fourth-order valence-electron chi connectivity index (χ4n) is 15.2. The van der Waals surface area contributed by atoms with Crippen molar-refractivity contribution in [3.05, 3.63) is 364 Å². The summed E-state index contributed by atoms with van der Waals surface area (Å²) in [5, 5.41) is 10.8. The van der Waals surface area contributed by atoms with E-state index in [1.54, 1.807) is 0 Å². The Hall–Kier alpha value is -10.7. The summed E-state index contributed by atoms with van der Waals surface area (Å²) in [6.07, 6.45) is 12.2. The molecule has 11 aromatic carbocycles. The maximum Gasteiger partial charge on any atom is 0.168 e. The molecule has 86 heavy (non-hydrogen) atoms. The van der Waals surface area contributed by atoms with Gasteiger partial charge in [-0.15, -0.1) is 10.2 Å². The van der Waals surface area contributed by atoms with E-state index in [1.807, 2.05) is 24.3 Å². The second-order valence-corrected chi connectivity index (χ2v) is 23.4. The summed E-state index contributed by atoms with van der Waals surface area (Å²) in [4.78, 5) is 0. The van der Waals surface area contributed by atoms with Crippen LogP contribution in [-0.2, 0) is 17.3 Å². The van der Waals surface area contributed by atoms with Gasteiger partial charge in [0.2, 0.25) is 0 Å². The van der Waals surface area contributed by atoms with Gasteiger partial charge < -0.3 is 4.42 Å². The second kappa shape index (κ2) is 20.0. The zero-order chi connectivity index (χ0) is 56.8. The Morgan fingerprint density at radius 2 is 0.942 bits per heavy atom. The molecule has 1 unspecified atom stereocenters. The van der Waals surface area contributed by atoms with Crippen LogP contribution in [0.25, 0.3) is 84.5 Å². The van der Waals surface area contributed by atoms with Crippen molar-refractivity contribution in [1.82, 2.24) is 14.8 Å². The van der Waals surface area contributed by atoms with Crippen LogP contribution in [-0.4, -0.2) is 14.8 Å². The number of hydrogen-bond donors (Lipinski definition) is 0. The van der Waals surface area contributed by atoms with Gasteiger partial charge in [-0.05, 0) is 145 Å². The molecular formula is C82H57N3O. The zero-order valence-corrected chi connectivity index (χ0v) is 47.3. The molecule has 0 amide bonds. The molecule has 0 spiro atoms. The van der Waals surface area contributed by atoms with Gasteiger partial charge in [0.25, 0.3) is 0 Å². The summed E-state index contributed by atoms with van der Waals surface area (Å²) in [5.41, 5.74) is 25.6. The molecule has 0 saturated carbocycles. The molecule has 1 atom stereocenters. The quantitative estimate of drug-likeness (QED) is 0.137. The summed E-state index contributed by atoms with van der Waals surface area (Å²) >= 11 is 0. The highest BCUT2D eigenvalue weighted by Gasteiger charge is 2.48. The van der Waals surface area contributed by atoms with E-state index in [9.17, 15) is 0 Å². The molecule has 4 nitrogen and oxygen atoms in total. The number of hydrogen-bond acceptors (Lipinski definition) is 3. The van der Waals surface area contributed by atoms with Crippen molar-refractivity contribution >= 4 is 22.6 Å². The molecule has 0 radical (unpaired) electrons. The van der Waals surface area contributed by atoms with Crippen LogP contribution in [0.15, 0.2) is 307 Å². The SMILES string of the molecule is C1=CC2=C(CC1)C(c1ccccc1)(c1ccccc1)c1cc(-c3cc(-c4ccc(-c5nnc(-c6ccccc6)n5-c5ccccc5)cc4)c4oc5c(c4c3)CC(c3ccc4c(c3)C(c3ccccc3)(c3ccccc3)c3ccccc3-4)C=C5)ccc12. The van der Waals surface area contributed by atoms with Crippen LogP contribution < -0.4 is 0 Å². The molecule has 4 aliphatic carbocycles. The van der Waals surface area contributed by atoms with Gasteiger partial charge in [-0.3, -0.25) is 4.57 Å². The number of furan rings is 1. The maximum atomic E-state index is 7.22. The van der Waals surface area contributed by atoms with Crippen molar-refractivity contribution in [2.24, 2.45) is 0 Å². The number of rotatable bonds is 10. The van der Waals surface area contributed by atoms with E-state index in [2.05, 4.69) is 284 Å². The average Bonchev–Trinajstić information content (AvgIpc) is 1.59. The number of fused-ring (bicyclic) bond motifs is 8. The molecule has 2 aromatic heterocycles. The second-order valence-electron chi connectivity index (χ2n) is 23.4. The van der Waals surface area contributed by atoms with E-state index in [0.29, 0.717) is 0 Å². The lowest BCUT2D eigenvalue weighted by Crippen LogP contribution is -2.30. The number of para-hydroxylation sites is 1. The van der Waals surface area contributed by atoms with Crippen LogP contribution in [0.1, 0.15) is 80.2 Å². The Bertz CT molecular complexity index is 4780. The molecule has 13 aromatic rings. The fraction of sp³-hybridized carbons (Fsp3) is 0.0732. The van der Waals surface area contributed by atoms with Crippen molar-refractivity contribution in [2.75, 3.05) is 0 Å². The lowest BCUT2D eigenvalue weighted by Gasteiger charge is -2.36. The number of aromatic nitrogens is 3. The van der Waals surface area contributed by atoms with E-state index in [-0.39, 0.29) is 5.92 Å². The third-order valence-corrected chi connectivity index (χ3v) is 19.0. The summed E-state index contributed by atoms with van der Waals surface area (Å²) < 4.78 is 9.38. The number of nitrogens with zero attached hydrogens (tertiary/aromatic N) is 3. The predicted molar refractivity (Wildman–Crippen MR) is 350 cm³/mol. The number of benzene rings is 11. The Balaban J connectivity index is 0.835. The Labute approximate surface area is 501 Å². The minimum atomic E-state index is -0.489. The predicted octanol–water partition coefficient (Wildman–Crippen LogP) is 19.8. The van der Waals surface area contributed by atoms with Crippen molar-refractivity contribution in [1.29, 1.82) is 0 Å². The lowest BCUT2D eigenvalue weighted by atomic mass is 9.65. The van der Waals surface area contributed by atoms with E-state index in [1.165, 1.54) is 83.5 Å². The van der Waals surface area contributed by atoms with E-state index in [4.69, 9.17) is 14.6 Å². The van der Waals surface area contributed by atoms with Gasteiger partial charge in [-0.1, -0.05) is 267 Å². The molecule has 2 heterocycles. The third kappa shape index (κ3) is 7.55. The standard InChI is InChI=1S/C82H57N3O/c1-7-23-55(24-8-1)79-83-84-80(85(79)65-33-17-6-18-34-65)56-41-39-54(40-42-56)70-50-60(59-44-47-69-67-36-20-22-38-74(67)82(76(69)53-59,63-29-13-4-14-30-63)64-31-15-5-16-32-64)51-72-71-49-57(45-48-77(71)86-78(70)72)58-43-46-68-66-35-19-21-37-73(66)81(75(68)52-58,61-25-9-2-10-26-61)62-27-11-3-12-28-62/h1-21,23-37,39-48,50-53,57H,22,38,49H2. The van der Waals surface area contributed by atoms with Crippen LogP contribution >= 0.6 is 0 Å². The van der Waals surface area contributed by atoms with Crippen LogP contribution in [0.2, 0.25) is 0 Å². The summed E-state index contributed by atoms with van der Waals surface area (Å²) in [6.45, 7) is 0. The first kappa shape index (κ1) is 49.9. The fourth-order valence-corrected chi connectivity index (χ4v) is 15.2. The molecular weight excluding hydrogens is 1040 g/mol. The third-order valence-electron chi connectivity index (χ3n) is 19.0. The molecule has 406 valence electrons. The number of allylic oxidation sites excluding steroid dienone is 5. The molecule has 0 bridgehead atoms. The van der Waals surface area contributed by atoms with Crippen molar-refractivity contribution in [3.63, 3.8) is 0 Å². The normalized spacial score (nSPS) is 15.7. The van der Waals surface area contributed by atoms with Crippen molar-refractivity contribution < 1.29 is 4.42 Å². The largest absolute Gasteiger partial charge is 0.456 e. The van der Waals surface area contributed by atoms with Gasteiger partial charge in [0.05, 0.1) is 10.8 Å². The van der Waals surface area contributed by atoms with Gasteiger partial charge >= 0.3 is 0 Å². The highest BCUT2D eigenvalue weighted by atomic mass is 16.3. The summed E-state index contributed by atoms with van der Waals surface area (Å²) in [7, 11) is 0. The highest BCUT2D eigenvalue weighted by Crippen LogP contribution is 2.59. The minimum absolute atomic E-state index is 0.0958. The molecule has 4 aliphatic rings. The smallest absolute Gasteiger partial charge is 0.168 e. The van der Waals surface area contributed by atoms with Gasteiger partial charge in [0, 0.05) is 39.2 Å². The minimum Gasteiger partial charge on any atom is -0.456 e. The Kier molecular flexibility index (Phi) is 11.6. The van der Waals surface area contributed by atoms with Crippen LogP contribution in [0.4, 0.5) is 0 Å². The first-order valence-corrected chi connectivity index (χ1v) is 30.1. The van der Waals surface area contributed by atoms with E-state index in [0.717, 1.165) is 81.1 Å².